The molecule has 0 radical (unpaired) electrons. The fourth-order valence-corrected chi connectivity index (χ4v) is 2.47. The number of fused-ring (bicyclic) bond motifs is 1. The molecule has 0 saturated carbocycles. The van der Waals surface area contributed by atoms with Crippen LogP contribution in [0.2, 0.25) is 0 Å². The summed E-state index contributed by atoms with van der Waals surface area (Å²) in [5.41, 5.74) is -0.873. The maximum atomic E-state index is 12.7. The average Bonchev–Trinajstić information content (AvgIpc) is 2.55. The largest absolute Gasteiger partial charge is 0.507 e. The Balaban J connectivity index is 2.87. The number of aliphatic hydroxyl groups is 1. The van der Waals surface area contributed by atoms with Gasteiger partial charge in [0.1, 0.15) is 16.7 Å². The summed E-state index contributed by atoms with van der Waals surface area (Å²) < 4.78 is 9.97. The SMILES string of the molecule is COC(=O)Cc1c(C(Cl)=CC(=O)O)oc2cc(CO)cc(O)c2c1=O. The smallest absolute Gasteiger partial charge is 0.329 e. The second kappa shape index (κ2) is 7.37. The number of carbonyl (C=O) groups is 2. The summed E-state index contributed by atoms with van der Waals surface area (Å²) in [6, 6.07) is 2.47. The highest BCUT2D eigenvalue weighted by Crippen LogP contribution is 2.30. The number of carboxylic acid groups (broad SMARTS) is 1. The molecule has 0 amide bonds. The molecule has 0 fully saturated rings. The zero-order chi connectivity index (χ0) is 18.7. The first kappa shape index (κ1) is 18.5. The zero-order valence-corrected chi connectivity index (χ0v) is 13.7. The Morgan fingerprint density at radius 2 is 2.04 bits per heavy atom. The molecule has 9 heteroatoms. The molecular formula is C16H13ClO8. The number of hydrogen-bond acceptors (Lipinski definition) is 7. The number of ether oxygens (including phenoxy) is 1. The fraction of sp³-hybridized carbons (Fsp3) is 0.188. The number of esters is 1. The van der Waals surface area contributed by atoms with Gasteiger partial charge in [0.05, 0.1) is 30.7 Å². The van der Waals surface area contributed by atoms with Crippen LogP contribution in [-0.2, 0) is 27.4 Å². The molecule has 3 N–H and O–H groups in total. The van der Waals surface area contributed by atoms with Crippen LogP contribution in [0.5, 0.6) is 5.75 Å². The average molecular weight is 369 g/mol. The number of benzene rings is 1. The van der Waals surface area contributed by atoms with Crippen LogP contribution in [0, 0.1) is 0 Å². The first-order valence-corrected chi connectivity index (χ1v) is 7.26. The third-order valence-corrected chi connectivity index (χ3v) is 3.61. The fourth-order valence-electron chi connectivity index (χ4n) is 2.23. The van der Waals surface area contributed by atoms with Crippen molar-refractivity contribution in [3.8, 4) is 5.75 Å². The van der Waals surface area contributed by atoms with Gasteiger partial charge in [-0.3, -0.25) is 9.59 Å². The molecule has 2 rings (SSSR count). The number of aliphatic hydroxyl groups excluding tert-OH is 1. The van der Waals surface area contributed by atoms with Crippen LogP contribution in [0.4, 0.5) is 0 Å². The maximum absolute atomic E-state index is 12.7. The lowest BCUT2D eigenvalue weighted by molar-refractivity contribution is -0.139. The van der Waals surface area contributed by atoms with Crippen LogP contribution in [0.25, 0.3) is 16.0 Å². The molecule has 0 aliphatic rings. The van der Waals surface area contributed by atoms with E-state index in [0.29, 0.717) is 6.08 Å². The molecule has 0 bridgehead atoms. The van der Waals surface area contributed by atoms with Crippen molar-refractivity contribution in [2.24, 2.45) is 0 Å². The Bertz CT molecular complexity index is 941. The summed E-state index contributed by atoms with van der Waals surface area (Å²) >= 11 is 5.90. The van der Waals surface area contributed by atoms with Crippen LogP contribution in [0.1, 0.15) is 16.9 Å². The summed E-state index contributed by atoms with van der Waals surface area (Å²) in [4.78, 5) is 35.1. The van der Waals surface area contributed by atoms with Crippen LogP contribution in [0.15, 0.2) is 27.4 Å². The predicted octanol–water partition coefficient (Wildman–Crippen LogP) is 1.37. The highest BCUT2D eigenvalue weighted by molar-refractivity contribution is 6.49. The lowest BCUT2D eigenvalue weighted by atomic mass is 10.0. The molecule has 25 heavy (non-hydrogen) atoms. The van der Waals surface area contributed by atoms with Gasteiger partial charge in [-0.1, -0.05) is 11.6 Å². The number of hydrogen-bond donors (Lipinski definition) is 3. The Morgan fingerprint density at radius 3 is 2.60 bits per heavy atom. The summed E-state index contributed by atoms with van der Waals surface area (Å²) in [6.45, 7) is -0.425. The van der Waals surface area contributed by atoms with Gasteiger partial charge in [0.2, 0.25) is 5.43 Å². The van der Waals surface area contributed by atoms with E-state index in [1.165, 1.54) is 12.1 Å². The molecule has 1 aromatic carbocycles. The van der Waals surface area contributed by atoms with Gasteiger partial charge in [-0.25, -0.2) is 4.79 Å². The van der Waals surface area contributed by atoms with E-state index in [0.717, 1.165) is 7.11 Å². The number of aliphatic carboxylic acids is 1. The van der Waals surface area contributed by atoms with E-state index < -0.39 is 41.2 Å². The predicted molar refractivity (Wildman–Crippen MR) is 87.3 cm³/mol. The molecule has 0 aliphatic carbocycles. The molecule has 0 unspecified atom stereocenters. The molecule has 0 atom stereocenters. The van der Waals surface area contributed by atoms with Gasteiger partial charge in [-0.05, 0) is 17.7 Å². The van der Waals surface area contributed by atoms with Gasteiger partial charge in [-0.15, -0.1) is 0 Å². The van der Waals surface area contributed by atoms with Gasteiger partial charge < -0.3 is 24.5 Å². The standard InChI is InChI=1S/C16H13ClO8/c1-24-13(22)4-8-15(23)14-10(19)2-7(6-18)3-11(14)25-16(8)9(17)5-12(20)21/h2-3,5,18-19H,4,6H2,1H3,(H,20,21). The second-order valence-corrected chi connectivity index (χ2v) is 5.38. The minimum absolute atomic E-state index is 0.116. The third-order valence-electron chi connectivity index (χ3n) is 3.33. The monoisotopic (exact) mass is 368 g/mol. The first-order chi connectivity index (χ1) is 11.8. The van der Waals surface area contributed by atoms with E-state index in [1.54, 1.807) is 0 Å². The normalized spacial score (nSPS) is 11.6. The van der Waals surface area contributed by atoms with Crippen molar-refractivity contribution in [1.29, 1.82) is 0 Å². The molecule has 0 saturated heterocycles. The van der Waals surface area contributed by atoms with Crippen LogP contribution >= 0.6 is 11.6 Å². The number of rotatable bonds is 5. The van der Waals surface area contributed by atoms with Gasteiger partial charge in [0.15, 0.2) is 5.76 Å². The highest BCUT2D eigenvalue weighted by Gasteiger charge is 2.22. The molecule has 2 aromatic rings. The van der Waals surface area contributed by atoms with Gasteiger partial charge in [0, 0.05) is 6.08 Å². The Labute approximate surface area is 145 Å². The van der Waals surface area contributed by atoms with Crippen molar-refractivity contribution in [1.82, 2.24) is 0 Å². The van der Waals surface area contributed by atoms with Crippen molar-refractivity contribution < 1.29 is 34.1 Å². The van der Waals surface area contributed by atoms with E-state index in [1.807, 2.05) is 0 Å². The molecule has 0 aliphatic heterocycles. The zero-order valence-electron chi connectivity index (χ0n) is 12.9. The summed E-state index contributed by atoms with van der Waals surface area (Å²) in [5.74, 6) is -2.95. The maximum Gasteiger partial charge on any atom is 0.329 e. The van der Waals surface area contributed by atoms with Crippen molar-refractivity contribution in [2.45, 2.75) is 13.0 Å². The van der Waals surface area contributed by atoms with Crippen molar-refractivity contribution in [3.05, 3.63) is 45.3 Å². The quantitative estimate of drug-likeness (QED) is 0.532. The highest BCUT2D eigenvalue weighted by atomic mass is 35.5. The Kier molecular flexibility index (Phi) is 5.45. The Hall–Kier alpha value is -2.84. The number of aromatic hydroxyl groups is 1. The van der Waals surface area contributed by atoms with Crippen LogP contribution in [0.3, 0.4) is 0 Å². The number of phenols is 1. The lowest BCUT2D eigenvalue weighted by Crippen LogP contribution is -2.18. The second-order valence-electron chi connectivity index (χ2n) is 4.97. The van der Waals surface area contributed by atoms with Crippen LogP contribution in [-0.4, -0.2) is 34.4 Å². The van der Waals surface area contributed by atoms with Gasteiger partial charge in [0.25, 0.3) is 0 Å². The van der Waals surface area contributed by atoms with Crippen LogP contribution < -0.4 is 5.43 Å². The van der Waals surface area contributed by atoms with E-state index >= 15 is 0 Å². The minimum atomic E-state index is -1.39. The number of carboxylic acids is 1. The molecular weight excluding hydrogens is 356 g/mol. The number of halogens is 1. The lowest BCUT2D eigenvalue weighted by Gasteiger charge is -2.10. The number of phenolic OH excluding ortho intramolecular Hbond substituents is 1. The van der Waals surface area contributed by atoms with Crippen molar-refractivity contribution in [2.75, 3.05) is 7.11 Å². The topological polar surface area (TPSA) is 134 Å². The minimum Gasteiger partial charge on any atom is -0.507 e. The van der Waals surface area contributed by atoms with E-state index in [2.05, 4.69) is 4.74 Å². The summed E-state index contributed by atoms with van der Waals surface area (Å²) in [6.07, 6.45) is 0.0666. The van der Waals surface area contributed by atoms with Gasteiger partial charge >= 0.3 is 11.9 Å². The van der Waals surface area contributed by atoms with E-state index in [4.69, 9.17) is 21.1 Å². The molecule has 132 valence electrons. The Morgan fingerprint density at radius 1 is 1.36 bits per heavy atom. The van der Waals surface area contributed by atoms with Crippen molar-refractivity contribution in [3.63, 3.8) is 0 Å². The van der Waals surface area contributed by atoms with Gasteiger partial charge in [-0.2, -0.15) is 0 Å². The third kappa shape index (κ3) is 3.81. The summed E-state index contributed by atoms with van der Waals surface area (Å²) in [7, 11) is 1.12. The molecule has 1 heterocycles. The van der Waals surface area contributed by atoms with Crippen molar-refractivity contribution >= 4 is 39.5 Å². The molecule has 8 nitrogen and oxygen atoms in total. The molecule has 1 aromatic heterocycles. The van der Waals surface area contributed by atoms with E-state index in [9.17, 15) is 24.6 Å². The number of carbonyl (C=O) groups excluding carboxylic acids is 1. The van der Waals surface area contributed by atoms with E-state index in [-0.39, 0.29) is 27.9 Å². The number of methoxy groups -OCH3 is 1. The molecule has 0 spiro atoms. The first-order valence-electron chi connectivity index (χ1n) is 6.88. The summed E-state index contributed by atoms with van der Waals surface area (Å²) in [5, 5.41) is 27.4.